The minimum absolute atomic E-state index is 0.00632. The van der Waals surface area contributed by atoms with E-state index in [9.17, 15) is 9.59 Å². The van der Waals surface area contributed by atoms with E-state index in [0.717, 1.165) is 16.7 Å². The first-order chi connectivity index (χ1) is 10.0. The van der Waals surface area contributed by atoms with Gasteiger partial charge in [-0.2, -0.15) is 5.10 Å². The summed E-state index contributed by atoms with van der Waals surface area (Å²) in [6, 6.07) is 1.85. The zero-order valence-electron chi connectivity index (χ0n) is 11.8. The van der Waals surface area contributed by atoms with Crippen molar-refractivity contribution in [3.8, 4) is 0 Å². The van der Waals surface area contributed by atoms with Gasteiger partial charge in [-0.1, -0.05) is 0 Å². The lowest BCUT2D eigenvalue weighted by atomic mass is 10.2. The topological polar surface area (TPSA) is 80.1 Å². The number of nitrogens with one attached hydrogen (secondary N) is 1. The van der Waals surface area contributed by atoms with Crippen molar-refractivity contribution in [2.24, 2.45) is 7.05 Å². The Morgan fingerprint density at radius 1 is 1.52 bits per heavy atom. The second-order valence-electron chi connectivity index (χ2n) is 4.92. The van der Waals surface area contributed by atoms with Crippen molar-refractivity contribution in [3.63, 3.8) is 0 Å². The van der Waals surface area contributed by atoms with Crippen molar-refractivity contribution in [2.45, 2.75) is 6.92 Å². The molecule has 1 saturated heterocycles. The van der Waals surface area contributed by atoms with E-state index < -0.39 is 0 Å². The summed E-state index contributed by atoms with van der Waals surface area (Å²) in [5.74, 6) is 0.821. The molecule has 0 aliphatic carbocycles. The lowest BCUT2D eigenvalue weighted by Crippen LogP contribution is -2.34. The summed E-state index contributed by atoms with van der Waals surface area (Å²) >= 11 is 1.52. The van der Waals surface area contributed by atoms with E-state index in [1.807, 2.05) is 20.0 Å². The summed E-state index contributed by atoms with van der Waals surface area (Å²) in [7, 11) is 1.83. The Morgan fingerprint density at radius 3 is 3.05 bits per heavy atom. The maximum Gasteiger partial charge on any atom is 0.244 e. The van der Waals surface area contributed by atoms with E-state index in [-0.39, 0.29) is 18.4 Å². The first-order valence-corrected chi connectivity index (χ1v) is 7.65. The van der Waals surface area contributed by atoms with Crippen LogP contribution in [-0.2, 0) is 16.6 Å². The normalized spacial score (nSPS) is 15.0. The Kier molecular flexibility index (Phi) is 3.54. The average molecular weight is 305 g/mol. The number of amides is 2. The average Bonchev–Trinajstić information content (AvgIpc) is 2.95. The molecular weight excluding hydrogens is 290 g/mol. The van der Waals surface area contributed by atoms with Crippen LogP contribution in [0.15, 0.2) is 12.3 Å². The van der Waals surface area contributed by atoms with Crippen LogP contribution >= 0.6 is 11.8 Å². The third kappa shape index (κ3) is 2.71. The Balaban J connectivity index is 1.74. The number of carbonyl (C=O) groups excluding carboxylic acids is 2. The molecule has 1 fully saturated rings. The van der Waals surface area contributed by atoms with E-state index in [4.69, 9.17) is 0 Å². The second kappa shape index (κ2) is 5.36. The van der Waals surface area contributed by atoms with Crippen LogP contribution < -0.4 is 5.32 Å². The van der Waals surface area contributed by atoms with Crippen LogP contribution in [0.3, 0.4) is 0 Å². The standard InChI is InChI=1S/C13H15N5O2S/c1-8-10-3-9(4-14-13(10)17(2)16-8)15-11(19)5-18-7-21-6-12(18)20/h3-4H,5-7H2,1-2H3,(H,15,19). The molecule has 2 amide bonds. The van der Waals surface area contributed by atoms with E-state index in [1.54, 1.807) is 15.8 Å². The molecule has 3 heterocycles. The molecule has 3 rings (SSSR count). The van der Waals surface area contributed by atoms with E-state index in [2.05, 4.69) is 15.4 Å². The minimum atomic E-state index is -0.214. The third-order valence-corrected chi connectivity index (χ3v) is 4.25. The highest BCUT2D eigenvalue weighted by atomic mass is 32.2. The minimum Gasteiger partial charge on any atom is -0.323 e. The predicted molar refractivity (Wildman–Crippen MR) is 80.9 cm³/mol. The van der Waals surface area contributed by atoms with Crippen molar-refractivity contribution < 1.29 is 9.59 Å². The Hall–Kier alpha value is -2.09. The van der Waals surface area contributed by atoms with Gasteiger partial charge in [-0.25, -0.2) is 4.98 Å². The van der Waals surface area contributed by atoms with E-state index >= 15 is 0 Å². The smallest absolute Gasteiger partial charge is 0.244 e. The van der Waals surface area contributed by atoms with Gasteiger partial charge in [0.2, 0.25) is 11.8 Å². The zero-order chi connectivity index (χ0) is 15.0. The van der Waals surface area contributed by atoms with Gasteiger partial charge in [-0.05, 0) is 13.0 Å². The van der Waals surface area contributed by atoms with Gasteiger partial charge < -0.3 is 10.2 Å². The highest BCUT2D eigenvalue weighted by Crippen LogP contribution is 2.19. The molecule has 8 heteroatoms. The number of hydrogen-bond donors (Lipinski definition) is 1. The molecule has 1 aliphatic rings. The number of rotatable bonds is 3. The van der Waals surface area contributed by atoms with Gasteiger partial charge in [0.25, 0.3) is 0 Å². The molecule has 1 aliphatic heterocycles. The molecule has 1 N–H and O–H groups in total. The Bertz CT molecular complexity index is 727. The monoisotopic (exact) mass is 305 g/mol. The third-order valence-electron chi connectivity index (χ3n) is 3.31. The van der Waals surface area contributed by atoms with Crippen LogP contribution in [0, 0.1) is 6.92 Å². The molecule has 0 saturated carbocycles. The summed E-state index contributed by atoms with van der Waals surface area (Å²) in [5.41, 5.74) is 2.25. The SMILES string of the molecule is Cc1nn(C)c2ncc(NC(=O)CN3CSCC3=O)cc12. The molecule has 110 valence electrons. The summed E-state index contributed by atoms with van der Waals surface area (Å²) in [4.78, 5) is 29.3. The molecule has 0 bridgehead atoms. The molecule has 0 radical (unpaired) electrons. The van der Waals surface area contributed by atoms with Gasteiger partial charge in [0, 0.05) is 12.4 Å². The van der Waals surface area contributed by atoms with Gasteiger partial charge in [0.05, 0.1) is 29.2 Å². The molecule has 21 heavy (non-hydrogen) atoms. The largest absolute Gasteiger partial charge is 0.323 e. The van der Waals surface area contributed by atoms with Gasteiger partial charge in [-0.3, -0.25) is 14.3 Å². The summed E-state index contributed by atoms with van der Waals surface area (Å²) in [5, 5.41) is 7.97. The molecular formula is C13H15N5O2S. The van der Waals surface area contributed by atoms with Crippen LogP contribution in [0.2, 0.25) is 0 Å². The van der Waals surface area contributed by atoms with Crippen LogP contribution in [0.25, 0.3) is 11.0 Å². The number of fused-ring (bicyclic) bond motifs is 1. The van der Waals surface area contributed by atoms with Crippen LogP contribution in [0.5, 0.6) is 0 Å². The van der Waals surface area contributed by atoms with Gasteiger partial charge in [0.15, 0.2) is 5.65 Å². The molecule has 0 spiro atoms. The number of carbonyl (C=O) groups is 2. The fourth-order valence-electron chi connectivity index (χ4n) is 2.29. The number of anilines is 1. The predicted octanol–water partition coefficient (Wildman–Crippen LogP) is 0.748. The molecule has 2 aromatic rings. The van der Waals surface area contributed by atoms with Gasteiger partial charge >= 0.3 is 0 Å². The first kappa shape index (κ1) is 13.9. The molecule has 0 aromatic carbocycles. The fraction of sp³-hybridized carbons (Fsp3) is 0.385. The number of aryl methyl sites for hydroxylation is 2. The Morgan fingerprint density at radius 2 is 2.33 bits per heavy atom. The first-order valence-electron chi connectivity index (χ1n) is 6.49. The summed E-state index contributed by atoms with van der Waals surface area (Å²) in [6.07, 6.45) is 1.60. The molecule has 2 aromatic heterocycles. The zero-order valence-corrected chi connectivity index (χ0v) is 12.6. The summed E-state index contributed by atoms with van der Waals surface area (Å²) < 4.78 is 1.70. The van der Waals surface area contributed by atoms with E-state index in [1.165, 1.54) is 11.8 Å². The van der Waals surface area contributed by atoms with E-state index in [0.29, 0.717) is 17.3 Å². The number of thioether (sulfide) groups is 1. The second-order valence-corrected chi connectivity index (χ2v) is 5.88. The molecule has 0 atom stereocenters. The van der Waals surface area contributed by atoms with Crippen molar-refractivity contribution >= 4 is 40.3 Å². The van der Waals surface area contributed by atoms with Gasteiger partial charge in [-0.15, -0.1) is 11.8 Å². The lowest BCUT2D eigenvalue weighted by Gasteiger charge is -2.14. The maximum atomic E-state index is 12.0. The summed E-state index contributed by atoms with van der Waals surface area (Å²) in [6.45, 7) is 1.98. The number of aromatic nitrogens is 3. The maximum absolute atomic E-state index is 12.0. The van der Waals surface area contributed by atoms with Gasteiger partial charge in [0.1, 0.15) is 6.54 Å². The van der Waals surface area contributed by atoms with Crippen LogP contribution in [0.4, 0.5) is 5.69 Å². The Labute approximate surface area is 125 Å². The molecule has 0 unspecified atom stereocenters. The number of pyridine rings is 1. The highest BCUT2D eigenvalue weighted by molar-refractivity contribution is 8.00. The van der Waals surface area contributed by atoms with Crippen LogP contribution in [0.1, 0.15) is 5.69 Å². The highest BCUT2D eigenvalue weighted by Gasteiger charge is 2.23. The number of nitrogens with zero attached hydrogens (tertiary/aromatic N) is 4. The lowest BCUT2D eigenvalue weighted by molar-refractivity contribution is -0.130. The van der Waals surface area contributed by atoms with Crippen molar-refractivity contribution in [1.29, 1.82) is 0 Å². The number of hydrogen-bond acceptors (Lipinski definition) is 5. The fourth-order valence-corrected chi connectivity index (χ4v) is 3.19. The van der Waals surface area contributed by atoms with Crippen molar-refractivity contribution in [3.05, 3.63) is 18.0 Å². The molecule has 7 nitrogen and oxygen atoms in total. The van der Waals surface area contributed by atoms with Crippen molar-refractivity contribution in [2.75, 3.05) is 23.5 Å². The van der Waals surface area contributed by atoms with Crippen molar-refractivity contribution in [1.82, 2.24) is 19.7 Å². The van der Waals surface area contributed by atoms with Crippen LogP contribution in [-0.4, -0.2) is 49.7 Å². The quantitative estimate of drug-likeness (QED) is 0.905.